The van der Waals surface area contributed by atoms with E-state index in [0.717, 1.165) is 6.42 Å². The lowest BCUT2D eigenvalue weighted by Gasteiger charge is -2.35. The number of carbonyl (C=O) groups is 2. The standard InChI is InChI=1S/C18H26N2O3/c1-14(2)12-16(21)18(23)20-11-10-19(17(22)13-20)9-8-15-6-4-3-5-7-15/h3-7,14,16,21H,8-13H2,1-2H3. The number of benzene rings is 1. The van der Waals surface area contributed by atoms with Crippen LogP contribution in [0.15, 0.2) is 30.3 Å². The predicted octanol–water partition coefficient (Wildman–Crippen LogP) is 1.31. The summed E-state index contributed by atoms with van der Waals surface area (Å²) in [5, 5.41) is 9.93. The van der Waals surface area contributed by atoms with Gasteiger partial charge in [0.25, 0.3) is 5.91 Å². The van der Waals surface area contributed by atoms with Gasteiger partial charge in [-0.15, -0.1) is 0 Å². The fraction of sp³-hybridized carbons (Fsp3) is 0.556. The molecule has 5 nitrogen and oxygen atoms in total. The summed E-state index contributed by atoms with van der Waals surface area (Å²) in [5.41, 5.74) is 1.20. The van der Waals surface area contributed by atoms with Crippen LogP contribution in [-0.2, 0) is 16.0 Å². The van der Waals surface area contributed by atoms with Gasteiger partial charge in [-0.3, -0.25) is 9.59 Å². The number of rotatable bonds is 6. The molecule has 1 heterocycles. The molecule has 126 valence electrons. The summed E-state index contributed by atoms with van der Waals surface area (Å²) in [6, 6.07) is 10.0. The molecule has 23 heavy (non-hydrogen) atoms. The van der Waals surface area contributed by atoms with E-state index in [9.17, 15) is 14.7 Å². The Morgan fingerprint density at radius 1 is 1.22 bits per heavy atom. The number of hydrogen-bond donors (Lipinski definition) is 1. The summed E-state index contributed by atoms with van der Waals surface area (Å²) in [6.07, 6.45) is 0.247. The minimum absolute atomic E-state index is 0.0442. The number of aliphatic hydroxyl groups excluding tert-OH is 1. The van der Waals surface area contributed by atoms with Crippen LogP contribution >= 0.6 is 0 Å². The zero-order valence-electron chi connectivity index (χ0n) is 13.9. The smallest absolute Gasteiger partial charge is 0.251 e. The first-order valence-electron chi connectivity index (χ1n) is 8.26. The van der Waals surface area contributed by atoms with E-state index < -0.39 is 6.10 Å². The van der Waals surface area contributed by atoms with Gasteiger partial charge in [-0.25, -0.2) is 0 Å². The second-order valence-electron chi connectivity index (χ2n) is 6.52. The summed E-state index contributed by atoms with van der Waals surface area (Å²) >= 11 is 0. The van der Waals surface area contributed by atoms with Crippen LogP contribution in [0.5, 0.6) is 0 Å². The van der Waals surface area contributed by atoms with Gasteiger partial charge in [0.1, 0.15) is 6.10 Å². The van der Waals surface area contributed by atoms with Crippen molar-refractivity contribution in [3.8, 4) is 0 Å². The van der Waals surface area contributed by atoms with Crippen molar-refractivity contribution in [2.45, 2.75) is 32.8 Å². The molecule has 1 aromatic carbocycles. The first kappa shape index (κ1) is 17.5. The van der Waals surface area contributed by atoms with Gasteiger partial charge >= 0.3 is 0 Å². The van der Waals surface area contributed by atoms with E-state index in [4.69, 9.17) is 0 Å². The highest BCUT2D eigenvalue weighted by Gasteiger charge is 2.30. The summed E-state index contributed by atoms with van der Waals surface area (Å²) in [7, 11) is 0. The molecule has 0 saturated carbocycles. The van der Waals surface area contributed by atoms with Crippen LogP contribution < -0.4 is 0 Å². The van der Waals surface area contributed by atoms with Crippen LogP contribution in [0.2, 0.25) is 0 Å². The predicted molar refractivity (Wildman–Crippen MR) is 88.8 cm³/mol. The molecular formula is C18H26N2O3. The highest BCUT2D eigenvalue weighted by Crippen LogP contribution is 2.11. The number of nitrogens with zero attached hydrogens (tertiary/aromatic N) is 2. The van der Waals surface area contributed by atoms with E-state index in [2.05, 4.69) is 0 Å². The molecule has 1 N–H and O–H groups in total. The Kier molecular flexibility index (Phi) is 6.16. The van der Waals surface area contributed by atoms with Crippen molar-refractivity contribution >= 4 is 11.8 Å². The molecule has 0 spiro atoms. The van der Waals surface area contributed by atoms with Crippen LogP contribution in [0.3, 0.4) is 0 Å². The van der Waals surface area contributed by atoms with Crippen LogP contribution in [-0.4, -0.2) is 59.0 Å². The van der Waals surface area contributed by atoms with Crippen molar-refractivity contribution in [1.29, 1.82) is 0 Å². The third kappa shape index (κ3) is 5.06. The fourth-order valence-electron chi connectivity index (χ4n) is 2.80. The zero-order valence-corrected chi connectivity index (χ0v) is 13.9. The molecule has 0 aromatic heterocycles. The van der Waals surface area contributed by atoms with Crippen molar-refractivity contribution in [2.24, 2.45) is 5.92 Å². The maximum absolute atomic E-state index is 12.2. The van der Waals surface area contributed by atoms with Gasteiger partial charge in [-0.1, -0.05) is 44.2 Å². The maximum Gasteiger partial charge on any atom is 0.251 e. The average molecular weight is 318 g/mol. The van der Waals surface area contributed by atoms with Crippen LogP contribution in [0.25, 0.3) is 0 Å². The van der Waals surface area contributed by atoms with Gasteiger partial charge in [0, 0.05) is 19.6 Å². The minimum atomic E-state index is -1.00. The number of hydrogen-bond acceptors (Lipinski definition) is 3. The molecule has 0 radical (unpaired) electrons. The van der Waals surface area contributed by atoms with Crippen LogP contribution in [0.1, 0.15) is 25.8 Å². The molecule has 1 saturated heterocycles. The van der Waals surface area contributed by atoms with Crippen molar-refractivity contribution in [3.05, 3.63) is 35.9 Å². The number of amides is 2. The third-order valence-corrected chi connectivity index (χ3v) is 4.12. The highest BCUT2D eigenvalue weighted by atomic mass is 16.3. The Balaban J connectivity index is 1.82. The maximum atomic E-state index is 12.2. The van der Waals surface area contributed by atoms with Crippen molar-refractivity contribution < 1.29 is 14.7 Å². The van der Waals surface area contributed by atoms with Crippen molar-refractivity contribution in [1.82, 2.24) is 9.80 Å². The van der Waals surface area contributed by atoms with E-state index in [1.807, 2.05) is 44.2 Å². The van der Waals surface area contributed by atoms with Gasteiger partial charge in [-0.05, 0) is 24.3 Å². The van der Waals surface area contributed by atoms with Gasteiger partial charge in [0.15, 0.2) is 0 Å². The van der Waals surface area contributed by atoms with Gasteiger partial charge in [0.05, 0.1) is 6.54 Å². The molecular weight excluding hydrogens is 292 g/mol. The largest absolute Gasteiger partial charge is 0.383 e. The summed E-state index contributed by atoms with van der Waals surface area (Å²) in [5.74, 6) is -0.121. The Morgan fingerprint density at radius 3 is 2.52 bits per heavy atom. The van der Waals surface area contributed by atoms with E-state index in [0.29, 0.717) is 26.1 Å². The first-order chi connectivity index (χ1) is 11.0. The number of carbonyl (C=O) groups excluding carboxylic acids is 2. The summed E-state index contributed by atoms with van der Waals surface area (Å²) in [4.78, 5) is 27.7. The Bertz CT molecular complexity index is 530. The molecule has 2 amide bonds. The number of piperazine rings is 1. The Labute approximate surface area is 137 Å². The topological polar surface area (TPSA) is 60.9 Å². The first-order valence-corrected chi connectivity index (χ1v) is 8.26. The number of aliphatic hydroxyl groups is 1. The lowest BCUT2D eigenvalue weighted by Crippen LogP contribution is -2.54. The monoisotopic (exact) mass is 318 g/mol. The molecule has 1 aliphatic rings. The average Bonchev–Trinajstić information content (AvgIpc) is 2.53. The molecule has 1 unspecified atom stereocenters. The van der Waals surface area contributed by atoms with Crippen LogP contribution in [0.4, 0.5) is 0 Å². The third-order valence-electron chi connectivity index (χ3n) is 4.12. The van der Waals surface area contributed by atoms with Gasteiger partial charge < -0.3 is 14.9 Å². The zero-order chi connectivity index (χ0) is 16.8. The SMILES string of the molecule is CC(C)CC(O)C(=O)N1CCN(CCc2ccccc2)C(=O)C1. The Hall–Kier alpha value is -1.88. The highest BCUT2D eigenvalue weighted by molar-refractivity contribution is 5.88. The molecule has 2 rings (SSSR count). The molecule has 1 aliphatic heterocycles. The van der Waals surface area contributed by atoms with E-state index in [1.54, 1.807) is 4.90 Å². The molecule has 5 heteroatoms. The summed E-state index contributed by atoms with van der Waals surface area (Å²) in [6.45, 7) is 5.69. The Morgan fingerprint density at radius 2 is 1.91 bits per heavy atom. The normalized spacial score (nSPS) is 16.8. The molecule has 0 aliphatic carbocycles. The van der Waals surface area contributed by atoms with Gasteiger partial charge in [-0.2, -0.15) is 0 Å². The van der Waals surface area contributed by atoms with Crippen molar-refractivity contribution in [2.75, 3.05) is 26.2 Å². The summed E-state index contributed by atoms with van der Waals surface area (Å²) < 4.78 is 0. The van der Waals surface area contributed by atoms with E-state index in [1.165, 1.54) is 10.5 Å². The van der Waals surface area contributed by atoms with Crippen LogP contribution in [0, 0.1) is 5.92 Å². The second-order valence-corrected chi connectivity index (χ2v) is 6.52. The molecule has 1 atom stereocenters. The quantitative estimate of drug-likeness (QED) is 0.860. The fourth-order valence-corrected chi connectivity index (χ4v) is 2.80. The van der Waals surface area contributed by atoms with E-state index >= 15 is 0 Å². The van der Waals surface area contributed by atoms with E-state index in [-0.39, 0.29) is 24.3 Å². The minimum Gasteiger partial charge on any atom is -0.383 e. The molecule has 1 aromatic rings. The van der Waals surface area contributed by atoms with Gasteiger partial charge in [0.2, 0.25) is 5.91 Å². The molecule has 0 bridgehead atoms. The molecule has 1 fully saturated rings. The van der Waals surface area contributed by atoms with Crippen molar-refractivity contribution in [3.63, 3.8) is 0 Å². The lowest BCUT2D eigenvalue weighted by molar-refractivity contribution is -0.150. The lowest BCUT2D eigenvalue weighted by atomic mass is 10.0. The second kappa shape index (κ2) is 8.11.